The summed E-state index contributed by atoms with van der Waals surface area (Å²) in [6, 6.07) is 3.95. The van der Waals surface area contributed by atoms with Crippen molar-refractivity contribution in [1.82, 2.24) is 4.90 Å². The van der Waals surface area contributed by atoms with Crippen LogP contribution in [0.4, 0.5) is 0 Å². The largest absolute Gasteiger partial charge is 0.455 e. The van der Waals surface area contributed by atoms with E-state index in [0.717, 1.165) is 24.5 Å². The van der Waals surface area contributed by atoms with Crippen molar-refractivity contribution >= 4 is 23.1 Å². The molecule has 1 aliphatic rings. The summed E-state index contributed by atoms with van der Waals surface area (Å²) in [6.45, 7) is 4.26. The molecule has 1 saturated heterocycles. The average Bonchev–Trinajstić information content (AvgIpc) is 2.92. The minimum Gasteiger partial charge on any atom is -0.455 e. The molecule has 1 aliphatic heterocycles. The fourth-order valence-corrected chi connectivity index (χ4v) is 3.19. The average molecular weight is 295 g/mol. The molecular weight excluding hydrogens is 274 g/mol. The first kappa shape index (κ1) is 15.2. The molecule has 0 aromatic carbocycles. The van der Waals surface area contributed by atoms with Crippen molar-refractivity contribution in [2.24, 2.45) is 0 Å². The molecule has 1 fully saturated rings. The highest BCUT2D eigenvalue weighted by Gasteiger charge is 2.22. The van der Waals surface area contributed by atoms with E-state index in [2.05, 4.69) is 4.90 Å². The van der Waals surface area contributed by atoms with Gasteiger partial charge in [0, 0.05) is 11.4 Å². The zero-order valence-electron chi connectivity index (χ0n) is 11.8. The monoisotopic (exact) mass is 295 g/mol. The van der Waals surface area contributed by atoms with Gasteiger partial charge < -0.3 is 4.74 Å². The maximum absolute atomic E-state index is 11.7. The van der Waals surface area contributed by atoms with Gasteiger partial charge in [-0.2, -0.15) is 0 Å². The number of hydrogen-bond donors (Lipinski definition) is 0. The smallest absolute Gasteiger partial charge is 0.313 e. The Hall–Kier alpha value is -1.20. The lowest BCUT2D eigenvalue weighted by Crippen LogP contribution is -2.34. The van der Waals surface area contributed by atoms with E-state index in [9.17, 15) is 9.59 Å². The number of thiophene rings is 1. The van der Waals surface area contributed by atoms with Crippen LogP contribution in [0.1, 0.15) is 43.6 Å². The van der Waals surface area contributed by atoms with Crippen LogP contribution in [0.2, 0.25) is 0 Å². The fourth-order valence-electron chi connectivity index (χ4n) is 2.44. The number of carbonyl (C=O) groups is 2. The van der Waals surface area contributed by atoms with E-state index < -0.39 is 5.97 Å². The number of carbonyl (C=O) groups excluding carboxylic acids is 2. The standard InChI is InChI=1S/C15H21NO3S/c1-12(17)10-15(18)19-13(14-6-5-9-20-14)11-16-7-3-2-4-8-16/h5-6,9,13H,2-4,7-8,10-11H2,1H3. The Morgan fingerprint density at radius 1 is 1.35 bits per heavy atom. The predicted octanol–water partition coefficient (Wildman–Crippen LogP) is 2.80. The van der Waals surface area contributed by atoms with Crippen LogP contribution >= 0.6 is 11.3 Å². The molecule has 2 heterocycles. The Morgan fingerprint density at radius 2 is 2.10 bits per heavy atom. The number of hydrogen-bond acceptors (Lipinski definition) is 5. The van der Waals surface area contributed by atoms with E-state index >= 15 is 0 Å². The van der Waals surface area contributed by atoms with Gasteiger partial charge in [0.1, 0.15) is 18.3 Å². The quantitative estimate of drug-likeness (QED) is 0.598. The van der Waals surface area contributed by atoms with Gasteiger partial charge >= 0.3 is 5.97 Å². The maximum atomic E-state index is 11.7. The number of Topliss-reactive ketones (excluding diaryl/α,β-unsaturated/α-hetero) is 1. The van der Waals surface area contributed by atoms with Gasteiger partial charge in [-0.25, -0.2) is 0 Å². The van der Waals surface area contributed by atoms with Gasteiger partial charge in [0.05, 0.1) is 0 Å². The zero-order valence-corrected chi connectivity index (χ0v) is 12.7. The zero-order chi connectivity index (χ0) is 14.4. The molecule has 1 aromatic rings. The van der Waals surface area contributed by atoms with Crippen LogP contribution < -0.4 is 0 Å². The second kappa shape index (κ2) is 7.55. The first-order chi connectivity index (χ1) is 9.65. The van der Waals surface area contributed by atoms with E-state index in [1.807, 2.05) is 17.5 Å². The van der Waals surface area contributed by atoms with Gasteiger partial charge in [0.25, 0.3) is 0 Å². The number of likely N-dealkylation sites (tertiary alicyclic amines) is 1. The minimum absolute atomic E-state index is 0.137. The highest BCUT2D eigenvalue weighted by Crippen LogP contribution is 2.25. The van der Waals surface area contributed by atoms with E-state index in [0.29, 0.717) is 0 Å². The predicted molar refractivity (Wildman–Crippen MR) is 78.7 cm³/mol. The summed E-state index contributed by atoms with van der Waals surface area (Å²) >= 11 is 1.59. The summed E-state index contributed by atoms with van der Waals surface area (Å²) in [5, 5.41) is 1.98. The van der Waals surface area contributed by atoms with Crippen molar-refractivity contribution < 1.29 is 14.3 Å². The third-order valence-electron chi connectivity index (χ3n) is 3.40. The van der Waals surface area contributed by atoms with Crippen molar-refractivity contribution in [3.63, 3.8) is 0 Å². The van der Waals surface area contributed by atoms with E-state index in [1.54, 1.807) is 11.3 Å². The van der Waals surface area contributed by atoms with Crippen LogP contribution in [-0.2, 0) is 14.3 Å². The molecule has 5 heteroatoms. The molecule has 1 atom stereocenters. The van der Waals surface area contributed by atoms with Gasteiger partial charge in [-0.3, -0.25) is 14.5 Å². The second-order valence-corrected chi connectivity index (χ2v) is 6.21. The number of esters is 1. The molecule has 2 rings (SSSR count). The highest BCUT2D eigenvalue weighted by atomic mass is 32.1. The van der Waals surface area contributed by atoms with Gasteiger partial charge in [-0.15, -0.1) is 11.3 Å². The van der Waals surface area contributed by atoms with Crippen LogP contribution in [-0.4, -0.2) is 36.3 Å². The summed E-state index contributed by atoms with van der Waals surface area (Å²) in [5.41, 5.74) is 0. The molecule has 0 aliphatic carbocycles. The number of rotatable bonds is 6. The molecule has 0 radical (unpaired) electrons. The van der Waals surface area contributed by atoms with Crippen LogP contribution in [0.3, 0.4) is 0 Å². The van der Waals surface area contributed by atoms with Gasteiger partial charge in [-0.1, -0.05) is 12.5 Å². The van der Waals surface area contributed by atoms with E-state index in [4.69, 9.17) is 4.74 Å². The Kier molecular flexibility index (Phi) is 5.73. The number of ketones is 1. The Labute approximate surface area is 123 Å². The SMILES string of the molecule is CC(=O)CC(=O)OC(CN1CCCCC1)c1cccs1. The molecule has 0 amide bonds. The maximum Gasteiger partial charge on any atom is 0.313 e. The lowest BCUT2D eigenvalue weighted by molar-refractivity contribution is -0.151. The van der Waals surface area contributed by atoms with Crippen molar-refractivity contribution in [1.29, 1.82) is 0 Å². The van der Waals surface area contributed by atoms with Gasteiger partial charge in [-0.05, 0) is 44.3 Å². The second-order valence-electron chi connectivity index (χ2n) is 5.23. The third kappa shape index (κ3) is 4.72. The number of nitrogens with zero attached hydrogens (tertiary/aromatic N) is 1. The minimum atomic E-state index is -0.423. The van der Waals surface area contributed by atoms with Crippen molar-refractivity contribution in [3.8, 4) is 0 Å². The molecule has 110 valence electrons. The van der Waals surface area contributed by atoms with Crippen LogP contribution in [0.25, 0.3) is 0 Å². The van der Waals surface area contributed by atoms with Crippen molar-refractivity contribution in [3.05, 3.63) is 22.4 Å². The Morgan fingerprint density at radius 3 is 2.70 bits per heavy atom. The lowest BCUT2D eigenvalue weighted by atomic mass is 10.1. The summed E-state index contributed by atoms with van der Waals surface area (Å²) in [5.74, 6) is -0.578. The molecule has 1 aromatic heterocycles. The Balaban J connectivity index is 1.97. The van der Waals surface area contributed by atoms with Crippen LogP contribution in [0.15, 0.2) is 17.5 Å². The molecule has 0 N–H and O–H groups in total. The third-order valence-corrected chi connectivity index (χ3v) is 4.36. The van der Waals surface area contributed by atoms with E-state index in [-0.39, 0.29) is 18.3 Å². The summed E-state index contributed by atoms with van der Waals surface area (Å²) in [4.78, 5) is 26.1. The van der Waals surface area contributed by atoms with Crippen molar-refractivity contribution in [2.45, 2.75) is 38.7 Å². The Bertz CT molecular complexity index is 438. The molecule has 1 unspecified atom stereocenters. The summed E-state index contributed by atoms with van der Waals surface area (Å²) in [7, 11) is 0. The molecular formula is C15H21NO3S. The fraction of sp³-hybridized carbons (Fsp3) is 0.600. The first-order valence-corrected chi connectivity index (χ1v) is 7.98. The first-order valence-electron chi connectivity index (χ1n) is 7.10. The van der Waals surface area contributed by atoms with Gasteiger partial charge in [0.15, 0.2) is 0 Å². The molecule has 0 bridgehead atoms. The number of piperidine rings is 1. The molecule has 0 saturated carbocycles. The highest BCUT2D eigenvalue weighted by molar-refractivity contribution is 7.10. The normalized spacial score (nSPS) is 17.6. The van der Waals surface area contributed by atoms with Crippen LogP contribution in [0, 0.1) is 0 Å². The molecule has 20 heavy (non-hydrogen) atoms. The van der Waals surface area contributed by atoms with Gasteiger partial charge in [0.2, 0.25) is 0 Å². The summed E-state index contributed by atoms with van der Waals surface area (Å²) < 4.78 is 5.52. The number of ether oxygens (including phenoxy) is 1. The molecule has 4 nitrogen and oxygen atoms in total. The lowest BCUT2D eigenvalue weighted by Gasteiger charge is -2.29. The summed E-state index contributed by atoms with van der Waals surface area (Å²) in [6.07, 6.45) is 3.31. The van der Waals surface area contributed by atoms with Crippen LogP contribution in [0.5, 0.6) is 0 Å². The van der Waals surface area contributed by atoms with Crippen molar-refractivity contribution in [2.75, 3.05) is 19.6 Å². The van der Waals surface area contributed by atoms with E-state index in [1.165, 1.54) is 26.2 Å². The topological polar surface area (TPSA) is 46.6 Å². The molecule has 0 spiro atoms.